The van der Waals surface area contributed by atoms with E-state index >= 15 is 0 Å². The number of rotatable bonds is 6. The van der Waals surface area contributed by atoms with Crippen molar-refractivity contribution in [1.82, 2.24) is 15.5 Å². The summed E-state index contributed by atoms with van der Waals surface area (Å²) in [4.78, 5) is 8.24. The maximum absolute atomic E-state index is 13.9. The normalized spacial score (nSPS) is 18.3. The Morgan fingerprint density at radius 1 is 1.36 bits per heavy atom. The molecule has 1 atom stereocenters. The van der Waals surface area contributed by atoms with Crippen LogP contribution in [0.3, 0.4) is 0 Å². The van der Waals surface area contributed by atoms with Gasteiger partial charge in [0.05, 0.1) is 0 Å². The van der Waals surface area contributed by atoms with Crippen LogP contribution in [-0.2, 0) is 0 Å². The summed E-state index contributed by atoms with van der Waals surface area (Å²) in [6.07, 6.45) is 0.806. The Morgan fingerprint density at radius 3 is 2.64 bits per heavy atom. The predicted octanol–water partition coefficient (Wildman–Crippen LogP) is 2.05. The summed E-state index contributed by atoms with van der Waals surface area (Å²) in [5.41, 5.74) is 0.0632. The average molecular weight is 353 g/mol. The quantitative estimate of drug-likeness (QED) is 0.607. The molecule has 0 amide bonds. The van der Waals surface area contributed by atoms with E-state index in [1.165, 1.54) is 18.2 Å². The maximum Gasteiger partial charge on any atom is 0.191 e. The summed E-state index contributed by atoms with van der Waals surface area (Å²) in [5, 5.41) is 6.63. The molecule has 5 nitrogen and oxygen atoms in total. The first-order chi connectivity index (χ1) is 11.9. The van der Waals surface area contributed by atoms with Gasteiger partial charge in [0.25, 0.3) is 0 Å². The van der Waals surface area contributed by atoms with E-state index in [0.717, 1.165) is 25.5 Å². The highest BCUT2D eigenvalue weighted by Gasteiger charge is 2.27. The van der Waals surface area contributed by atoms with Gasteiger partial charge in [-0.2, -0.15) is 0 Å². The van der Waals surface area contributed by atoms with Crippen molar-refractivity contribution in [1.29, 1.82) is 0 Å². The first kappa shape index (κ1) is 19.4. The molecule has 0 aromatic heterocycles. The van der Waals surface area contributed by atoms with Crippen molar-refractivity contribution >= 4 is 11.6 Å². The highest BCUT2D eigenvalue weighted by Crippen LogP contribution is 2.26. The Bertz CT molecular complexity index is 571. The van der Waals surface area contributed by atoms with Gasteiger partial charge < -0.3 is 20.4 Å². The fourth-order valence-corrected chi connectivity index (χ4v) is 2.87. The molecule has 25 heavy (non-hydrogen) atoms. The summed E-state index contributed by atoms with van der Waals surface area (Å²) in [5.74, 6) is -0.308. The number of anilines is 1. The number of halogens is 2. The van der Waals surface area contributed by atoms with Gasteiger partial charge >= 0.3 is 0 Å². The number of hydrogen-bond acceptors (Lipinski definition) is 3. The summed E-state index contributed by atoms with van der Waals surface area (Å²) in [6.45, 7) is 7.17. The monoisotopic (exact) mass is 353 g/mol. The first-order valence-electron chi connectivity index (χ1n) is 8.78. The molecule has 7 heteroatoms. The molecule has 1 aliphatic heterocycles. The molecule has 1 fully saturated rings. The third-order valence-corrected chi connectivity index (χ3v) is 4.64. The van der Waals surface area contributed by atoms with Gasteiger partial charge in [-0.1, -0.05) is 6.07 Å². The number of benzene rings is 1. The van der Waals surface area contributed by atoms with Crippen LogP contribution in [0, 0.1) is 11.6 Å². The minimum absolute atomic E-state index is 0.0632. The van der Waals surface area contributed by atoms with Gasteiger partial charge in [-0.15, -0.1) is 0 Å². The van der Waals surface area contributed by atoms with Gasteiger partial charge in [0.1, 0.15) is 17.3 Å². The molecule has 140 valence electrons. The fraction of sp³-hybridized carbons (Fsp3) is 0.611. The Morgan fingerprint density at radius 2 is 2.04 bits per heavy atom. The maximum atomic E-state index is 13.9. The predicted molar refractivity (Wildman–Crippen MR) is 99.2 cm³/mol. The van der Waals surface area contributed by atoms with E-state index in [2.05, 4.69) is 41.4 Å². The molecule has 2 rings (SSSR count). The first-order valence-corrected chi connectivity index (χ1v) is 8.78. The van der Waals surface area contributed by atoms with Crippen LogP contribution < -0.4 is 15.5 Å². The molecule has 1 unspecified atom stereocenters. The van der Waals surface area contributed by atoms with Crippen LogP contribution in [0.2, 0.25) is 0 Å². The molecule has 1 aromatic carbocycles. The lowest BCUT2D eigenvalue weighted by molar-refractivity contribution is 0.278. The second-order valence-corrected chi connectivity index (χ2v) is 6.72. The van der Waals surface area contributed by atoms with Crippen molar-refractivity contribution < 1.29 is 8.78 Å². The lowest BCUT2D eigenvalue weighted by atomic mass is 10.2. The third kappa shape index (κ3) is 5.29. The Balaban J connectivity index is 1.85. The molecule has 0 spiro atoms. The number of aliphatic imine (C=N–C) groups is 1. The molecule has 2 N–H and O–H groups in total. The number of nitrogens with zero attached hydrogens (tertiary/aromatic N) is 3. The second-order valence-electron chi connectivity index (χ2n) is 6.72. The van der Waals surface area contributed by atoms with Gasteiger partial charge in [0, 0.05) is 45.3 Å². The molecular formula is C18H29F2N5. The zero-order valence-corrected chi connectivity index (χ0v) is 15.5. The molecule has 0 radical (unpaired) electrons. The van der Waals surface area contributed by atoms with E-state index in [-0.39, 0.29) is 11.7 Å². The van der Waals surface area contributed by atoms with Crippen molar-refractivity contribution in [3.63, 3.8) is 0 Å². The molecule has 1 saturated heterocycles. The van der Waals surface area contributed by atoms with E-state index < -0.39 is 11.6 Å². The van der Waals surface area contributed by atoms with Crippen LogP contribution in [0.25, 0.3) is 0 Å². The SMILES string of the molecule is CN=C(NCCN(C)C(C)C)NC1CCN(c2c(F)cccc2F)C1. The number of guanidine groups is 1. The largest absolute Gasteiger partial charge is 0.365 e. The standard InChI is InChI=1S/C18H29F2N5/c1-13(2)24(4)11-9-22-18(21-3)23-14-8-10-25(12-14)17-15(19)6-5-7-16(17)20/h5-7,13-14H,8-12H2,1-4H3,(H2,21,22,23). The smallest absolute Gasteiger partial charge is 0.191 e. The van der Waals surface area contributed by atoms with Crippen molar-refractivity contribution in [2.75, 3.05) is 45.2 Å². The molecule has 1 heterocycles. The van der Waals surface area contributed by atoms with Gasteiger partial charge in [-0.05, 0) is 39.4 Å². The Labute approximate surface area is 149 Å². The fourth-order valence-electron chi connectivity index (χ4n) is 2.87. The Kier molecular flexibility index (Phi) is 6.99. The van der Waals surface area contributed by atoms with Crippen LogP contribution in [0.1, 0.15) is 20.3 Å². The number of likely N-dealkylation sites (N-methyl/N-ethyl adjacent to an activating group) is 1. The number of nitrogens with one attached hydrogen (secondary N) is 2. The van der Waals surface area contributed by atoms with Gasteiger partial charge in [0.15, 0.2) is 5.96 Å². The molecule has 0 aliphatic carbocycles. The van der Waals surface area contributed by atoms with E-state index in [9.17, 15) is 8.78 Å². The summed E-state index contributed by atoms with van der Waals surface area (Å²) >= 11 is 0. The number of hydrogen-bond donors (Lipinski definition) is 2. The summed E-state index contributed by atoms with van der Waals surface area (Å²) in [6, 6.07) is 4.58. The van der Waals surface area contributed by atoms with Crippen molar-refractivity contribution in [3.8, 4) is 0 Å². The van der Waals surface area contributed by atoms with E-state index in [4.69, 9.17) is 0 Å². The lowest BCUT2D eigenvalue weighted by Crippen LogP contribution is -2.46. The van der Waals surface area contributed by atoms with Crippen LogP contribution in [0.15, 0.2) is 23.2 Å². The topological polar surface area (TPSA) is 42.9 Å². The molecule has 0 bridgehead atoms. The Hall–Kier alpha value is -1.89. The van der Waals surface area contributed by atoms with Crippen LogP contribution >= 0.6 is 0 Å². The minimum atomic E-state index is -0.514. The second kappa shape index (κ2) is 8.99. The third-order valence-electron chi connectivity index (χ3n) is 4.64. The van der Waals surface area contributed by atoms with Gasteiger partial charge in [-0.25, -0.2) is 8.78 Å². The van der Waals surface area contributed by atoms with Crippen LogP contribution in [0.4, 0.5) is 14.5 Å². The average Bonchev–Trinajstić information content (AvgIpc) is 3.01. The van der Waals surface area contributed by atoms with Crippen molar-refractivity contribution in [2.24, 2.45) is 4.99 Å². The van der Waals surface area contributed by atoms with Gasteiger partial charge in [0.2, 0.25) is 0 Å². The van der Waals surface area contributed by atoms with Crippen molar-refractivity contribution in [2.45, 2.75) is 32.4 Å². The van der Waals surface area contributed by atoms with Crippen LogP contribution in [0.5, 0.6) is 0 Å². The molecule has 1 aromatic rings. The highest BCUT2D eigenvalue weighted by molar-refractivity contribution is 5.80. The minimum Gasteiger partial charge on any atom is -0.365 e. The zero-order valence-electron chi connectivity index (χ0n) is 15.5. The van der Waals surface area contributed by atoms with E-state index in [0.29, 0.717) is 19.1 Å². The zero-order chi connectivity index (χ0) is 18.4. The number of para-hydroxylation sites is 1. The van der Waals surface area contributed by atoms with E-state index in [1.807, 2.05) is 0 Å². The molecule has 1 aliphatic rings. The molecular weight excluding hydrogens is 324 g/mol. The van der Waals surface area contributed by atoms with Gasteiger partial charge in [-0.3, -0.25) is 4.99 Å². The van der Waals surface area contributed by atoms with Crippen molar-refractivity contribution in [3.05, 3.63) is 29.8 Å². The summed E-state index contributed by atoms with van der Waals surface area (Å²) < 4.78 is 27.8. The van der Waals surface area contributed by atoms with E-state index in [1.54, 1.807) is 11.9 Å². The molecule has 0 saturated carbocycles. The summed E-state index contributed by atoms with van der Waals surface area (Å²) in [7, 11) is 3.81. The highest BCUT2D eigenvalue weighted by atomic mass is 19.1. The lowest BCUT2D eigenvalue weighted by Gasteiger charge is -2.23. The van der Waals surface area contributed by atoms with Crippen LogP contribution in [-0.4, -0.2) is 63.2 Å².